The zero-order valence-electron chi connectivity index (χ0n) is 9.38. The molecule has 2 aromatic carbocycles. The van der Waals surface area contributed by atoms with Crippen LogP contribution in [0.4, 0.5) is 14.5 Å². The van der Waals surface area contributed by atoms with Crippen molar-refractivity contribution in [3.05, 3.63) is 63.1 Å². The summed E-state index contributed by atoms with van der Waals surface area (Å²) in [6, 6.07) is 7.51. The number of hydrogen-bond acceptors (Lipinski definition) is 1. The van der Waals surface area contributed by atoms with E-state index in [-0.39, 0.29) is 16.3 Å². The summed E-state index contributed by atoms with van der Waals surface area (Å²) in [5.41, 5.74) is 0.466. The predicted molar refractivity (Wildman–Crippen MR) is 73.5 cm³/mol. The number of carbonyl (C=O) groups is 1. The molecule has 1 N–H and O–H groups in total. The van der Waals surface area contributed by atoms with Crippen molar-refractivity contribution in [3.8, 4) is 0 Å². The van der Waals surface area contributed by atoms with Crippen LogP contribution in [-0.4, -0.2) is 5.91 Å². The van der Waals surface area contributed by atoms with Crippen LogP contribution in [0.25, 0.3) is 0 Å². The van der Waals surface area contributed by atoms with Crippen LogP contribution in [0.15, 0.2) is 40.9 Å². The van der Waals surface area contributed by atoms with E-state index in [4.69, 9.17) is 11.6 Å². The van der Waals surface area contributed by atoms with E-state index < -0.39 is 17.5 Å². The van der Waals surface area contributed by atoms with Crippen LogP contribution >= 0.6 is 27.5 Å². The highest BCUT2D eigenvalue weighted by molar-refractivity contribution is 9.10. The van der Waals surface area contributed by atoms with Gasteiger partial charge in [0.05, 0.1) is 10.7 Å². The van der Waals surface area contributed by atoms with E-state index in [0.29, 0.717) is 4.47 Å². The van der Waals surface area contributed by atoms with Gasteiger partial charge in [-0.15, -0.1) is 0 Å². The Labute approximate surface area is 121 Å². The SMILES string of the molecule is O=C(Nc1cc(F)ccc1Br)c1ccc(F)c(Cl)c1. The Morgan fingerprint density at radius 2 is 1.89 bits per heavy atom. The minimum absolute atomic E-state index is 0.147. The van der Waals surface area contributed by atoms with E-state index in [1.54, 1.807) is 0 Å². The molecule has 0 aliphatic rings. The first kappa shape index (κ1) is 14.0. The number of amides is 1. The maximum absolute atomic E-state index is 13.1. The van der Waals surface area contributed by atoms with Crippen molar-refractivity contribution in [2.75, 3.05) is 5.32 Å². The van der Waals surface area contributed by atoms with E-state index in [1.807, 2.05) is 0 Å². The molecule has 98 valence electrons. The van der Waals surface area contributed by atoms with Crippen LogP contribution in [0, 0.1) is 11.6 Å². The van der Waals surface area contributed by atoms with Crippen LogP contribution in [0.5, 0.6) is 0 Å². The first-order chi connectivity index (χ1) is 8.97. The van der Waals surface area contributed by atoms with Crippen molar-refractivity contribution in [3.63, 3.8) is 0 Å². The first-order valence-electron chi connectivity index (χ1n) is 5.19. The molecule has 2 nitrogen and oxygen atoms in total. The number of anilines is 1. The molecule has 0 spiro atoms. The van der Waals surface area contributed by atoms with Gasteiger partial charge in [0.1, 0.15) is 11.6 Å². The Hall–Kier alpha value is -1.46. The molecule has 0 unspecified atom stereocenters. The molecule has 2 rings (SSSR count). The van der Waals surface area contributed by atoms with Crippen molar-refractivity contribution < 1.29 is 13.6 Å². The molecule has 0 heterocycles. The van der Waals surface area contributed by atoms with Crippen molar-refractivity contribution in [2.24, 2.45) is 0 Å². The summed E-state index contributed by atoms with van der Waals surface area (Å²) in [6.45, 7) is 0. The molecule has 0 aliphatic carbocycles. The van der Waals surface area contributed by atoms with Crippen molar-refractivity contribution >= 4 is 39.1 Å². The maximum Gasteiger partial charge on any atom is 0.255 e. The van der Waals surface area contributed by atoms with Gasteiger partial charge in [-0.3, -0.25) is 4.79 Å². The third-order valence-electron chi connectivity index (χ3n) is 2.36. The van der Waals surface area contributed by atoms with Gasteiger partial charge in [0.25, 0.3) is 5.91 Å². The standard InChI is InChI=1S/C13H7BrClF2NO/c14-9-3-2-8(16)6-12(9)18-13(19)7-1-4-11(17)10(15)5-7/h1-6H,(H,18,19). The molecule has 2 aromatic rings. The number of nitrogens with one attached hydrogen (secondary N) is 1. The molecule has 0 aliphatic heterocycles. The second-order valence-corrected chi connectivity index (χ2v) is 4.97. The Balaban J connectivity index is 2.25. The molecule has 6 heteroatoms. The normalized spacial score (nSPS) is 10.3. The second kappa shape index (κ2) is 5.67. The zero-order chi connectivity index (χ0) is 14.0. The lowest BCUT2D eigenvalue weighted by Crippen LogP contribution is -2.12. The zero-order valence-corrected chi connectivity index (χ0v) is 11.7. The molecular formula is C13H7BrClF2NO. The first-order valence-corrected chi connectivity index (χ1v) is 6.36. The Bertz CT molecular complexity index is 649. The lowest BCUT2D eigenvalue weighted by atomic mass is 10.2. The van der Waals surface area contributed by atoms with Crippen LogP contribution in [0.2, 0.25) is 5.02 Å². The third-order valence-corrected chi connectivity index (χ3v) is 3.34. The van der Waals surface area contributed by atoms with Gasteiger partial charge in [-0.05, 0) is 52.3 Å². The minimum atomic E-state index is -0.606. The van der Waals surface area contributed by atoms with Crippen LogP contribution in [0.1, 0.15) is 10.4 Å². The summed E-state index contributed by atoms with van der Waals surface area (Å²) >= 11 is 8.78. The summed E-state index contributed by atoms with van der Waals surface area (Å²) in [5.74, 6) is -1.59. The average Bonchev–Trinajstić information content (AvgIpc) is 2.37. The summed E-state index contributed by atoms with van der Waals surface area (Å²) in [5, 5.41) is 2.36. The largest absolute Gasteiger partial charge is 0.321 e. The van der Waals surface area contributed by atoms with Crippen LogP contribution in [0.3, 0.4) is 0 Å². The molecule has 0 aromatic heterocycles. The number of carbonyl (C=O) groups excluding carboxylic acids is 1. The Kier molecular flexibility index (Phi) is 4.17. The number of benzene rings is 2. The average molecular weight is 347 g/mol. The maximum atomic E-state index is 13.1. The number of halogens is 4. The Morgan fingerprint density at radius 1 is 1.16 bits per heavy atom. The summed E-state index contributed by atoms with van der Waals surface area (Å²) < 4.78 is 26.6. The summed E-state index contributed by atoms with van der Waals surface area (Å²) in [4.78, 5) is 11.9. The minimum Gasteiger partial charge on any atom is -0.321 e. The van der Waals surface area contributed by atoms with Gasteiger partial charge in [-0.1, -0.05) is 11.6 Å². The van der Waals surface area contributed by atoms with Crippen molar-refractivity contribution in [2.45, 2.75) is 0 Å². The molecule has 19 heavy (non-hydrogen) atoms. The topological polar surface area (TPSA) is 29.1 Å². The Morgan fingerprint density at radius 3 is 2.58 bits per heavy atom. The van der Waals surface area contributed by atoms with Gasteiger partial charge < -0.3 is 5.32 Å². The lowest BCUT2D eigenvalue weighted by molar-refractivity contribution is 0.102. The number of rotatable bonds is 2. The number of hydrogen-bond donors (Lipinski definition) is 1. The highest BCUT2D eigenvalue weighted by Crippen LogP contribution is 2.24. The van der Waals surface area contributed by atoms with E-state index in [9.17, 15) is 13.6 Å². The van der Waals surface area contributed by atoms with Crippen molar-refractivity contribution in [1.29, 1.82) is 0 Å². The summed E-state index contributed by atoms with van der Waals surface area (Å²) in [6.07, 6.45) is 0. The quantitative estimate of drug-likeness (QED) is 0.844. The van der Waals surface area contributed by atoms with Gasteiger partial charge in [-0.25, -0.2) is 8.78 Å². The monoisotopic (exact) mass is 345 g/mol. The highest BCUT2D eigenvalue weighted by Gasteiger charge is 2.11. The molecule has 1 amide bonds. The van der Waals surface area contributed by atoms with Gasteiger partial charge in [0.2, 0.25) is 0 Å². The van der Waals surface area contributed by atoms with E-state index >= 15 is 0 Å². The predicted octanol–water partition coefficient (Wildman–Crippen LogP) is 4.63. The molecule has 0 bridgehead atoms. The molecule has 0 atom stereocenters. The fourth-order valence-corrected chi connectivity index (χ4v) is 1.95. The van der Waals surface area contributed by atoms with Gasteiger partial charge in [0, 0.05) is 10.0 Å². The lowest BCUT2D eigenvalue weighted by Gasteiger charge is -2.08. The van der Waals surface area contributed by atoms with Crippen LogP contribution < -0.4 is 5.32 Å². The van der Waals surface area contributed by atoms with E-state index in [0.717, 1.165) is 6.07 Å². The van der Waals surface area contributed by atoms with E-state index in [1.165, 1.54) is 30.3 Å². The third kappa shape index (κ3) is 3.30. The van der Waals surface area contributed by atoms with Gasteiger partial charge >= 0.3 is 0 Å². The molecule has 0 saturated heterocycles. The van der Waals surface area contributed by atoms with Crippen molar-refractivity contribution in [1.82, 2.24) is 0 Å². The van der Waals surface area contributed by atoms with Crippen LogP contribution in [-0.2, 0) is 0 Å². The fraction of sp³-hybridized carbons (Fsp3) is 0. The van der Waals surface area contributed by atoms with Gasteiger partial charge in [-0.2, -0.15) is 0 Å². The second-order valence-electron chi connectivity index (χ2n) is 3.71. The molecular weight excluding hydrogens is 340 g/mol. The smallest absolute Gasteiger partial charge is 0.255 e. The highest BCUT2D eigenvalue weighted by atomic mass is 79.9. The van der Waals surface area contributed by atoms with E-state index in [2.05, 4.69) is 21.2 Å². The van der Waals surface area contributed by atoms with Gasteiger partial charge in [0.15, 0.2) is 0 Å². The molecule has 0 fully saturated rings. The summed E-state index contributed by atoms with van der Waals surface area (Å²) in [7, 11) is 0. The molecule has 0 saturated carbocycles. The molecule has 0 radical (unpaired) electrons. The fourth-order valence-electron chi connectivity index (χ4n) is 1.43.